The molecule has 0 radical (unpaired) electrons. The SMILES string of the molecule is O=S(=O)(CCCCl)Nc1ccccc1OC(F)(F)F. The smallest absolute Gasteiger partial charge is 0.404 e. The Labute approximate surface area is 113 Å². The topological polar surface area (TPSA) is 55.4 Å². The second-order valence-corrected chi connectivity index (χ2v) is 5.73. The van der Waals surface area contributed by atoms with Crippen LogP contribution in [0.4, 0.5) is 18.9 Å². The molecule has 0 fully saturated rings. The molecule has 0 aliphatic rings. The molecular weight excluding hydrogens is 307 g/mol. The molecule has 0 heterocycles. The molecule has 0 aliphatic carbocycles. The summed E-state index contributed by atoms with van der Waals surface area (Å²) in [5.74, 6) is -0.747. The number of hydrogen-bond donors (Lipinski definition) is 1. The highest BCUT2D eigenvalue weighted by Gasteiger charge is 2.32. The van der Waals surface area contributed by atoms with Crippen molar-refractivity contribution >= 4 is 27.3 Å². The molecule has 1 aromatic carbocycles. The fourth-order valence-corrected chi connectivity index (χ4v) is 2.65. The molecule has 9 heteroatoms. The Morgan fingerprint density at radius 1 is 1.26 bits per heavy atom. The lowest BCUT2D eigenvalue weighted by Gasteiger charge is -2.14. The number of anilines is 1. The van der Waals surface area contributed by atoms with E-state index in [9.17, 15) is 21.6 Å². The van der Waals surface area contributed by atoms with Gasteiger partial charge in [-0.05, 0) is 18.6 Å². The van der Waals surface area contributed by atoms with Crippen molar-refractivity contribution < 1.29 is 26.3 Å². The summed E-state index contributed by atoms with van der Waals surface area (Å²) in [6, 6.07) is 4.90. The van der Waals surface area contributed by atoms with Crippen molar-refractivity contribution in [2.45, 2.75) is 12.8 Å². The van der Waals surface area contributed by atoms with E-state index in [1.165, 1.54) is 18.2 Å². The number of halogens is 4. The summed E-state index contributed by atoms with van der Waals surface area (Å²) in [7, 11) is -3.76. The minimum absolute atomic E-state index is 0.140. The van der Waals surface area contributed by atoms with Gasteiger partial charge in [0.25, 0.3) is 0 Å². The molecule has 0 atom stereocenters. The van der Waals surface area contributed by atoms with Gasteiger partial charge in [-0.15, -0.1) is 24.8 Å². The molecule has 0 unspecified atom stereocenters. The summed E-state index contributed by atoms with van der Waals surface area (Å²) in [6.45, 7) is 0. The molecule has 19 heavy (non-hydrogen) atoms. The van der Waals surface area contributed by atoms with Crippen LogP contribution in [0.2, 0.25) is 0 Å². The Morgan fingerprint density at radius 3 is 2.47 bits per heavy atom. The number of sulfonamides is 1. The number of alkyl halides is 4. The van der Waals surface area contributed by atoms with E-state index in [2.05, 4.69) is 4.74 Å². The maximum Gasteiger partial charge on any atom is 0.573 e. The van der Waals surface area contributed by atoms with E-state index in [1.54, 1.807) is 0 Å². The highest BCUT2D eigenvalue weighted by molar-refractivity contribution is 7.92. The van der Waals surface area contributed by atoms with Crippen LogP contribution in [0.1, 0.15) is 6.42 Å². The minimum Gasteiger partial charge on any atom is -0.404 e. The van der Waals surface area contributed by atoms with E-state index >= 15 is 0 Å². The molecule has 108 valence electrons. The number of para-hydroxylation sites is 2. The van der Waals surface area contributed by atoms with Gasteiger partial charge in [-0.1, -0.05) is 12.1 Å². The van der Waals surface area contributed by atoms with E-state index in [-0.39, 0.29) is 23.7 Å². The molecule has 1 rings (SSSR count). The number of benzene rings is 1. The zero-order chi connectivity index (χ0) is 14.5. The standard InChI is InChI=1S/C10H11ClF3NO3S/c11-6-3-7-19(16,17)15-8-4-1-2-5-9(8)18-10(12,13)14/h1-2,4-5,15H,3,6-7H2. The first-order valence-electron chi connectivity index (χ1n) is 5.15. The van der Waals surface area contributed by atoms with Crippen molar-refractivity contribution in [1.82, 2.24) is 0 Å². The van der Waals surface area contributed by atoms with Gasteiger partial charge < -0.3 is 4.74 Å². The largest absolute Gasteiger partial charge is 0.573 e. The van der Waals surface area contributed by atoms with Crippen LogP contribution in [0.3, 0.4) is 0 Å². The number of nitrogens with one attached hydrogen (secondary N) is 1. The van der Waals surface area contributed by atoms with Crippen molar-refractivity contribution in [3.63, 3.8) is 0 Å². The number of ether oxygens (including phenoxy) is 1. The van der Waals surface area contributed by atoms with Crippen LogP contribution < -0.4 is 9.46 Å². The van der Waals surface area contributed by atoms with Crippen molar-refractivity contribution in [3.8, 4) is 5.75 Å². The van der Waals surface area contributed by atoms with Crippen LogP contribution in [-0.2, 0) is 10.0 Å². The van der Waals surface area contributed by atoms with Gasteiger partial charge in [0.2, 0.25) is 10.0 Å². The van der Waals surface area contributed by atoms with E-state index in [0.717, 1.165) is 6.07 Å². The second kappa shape index (κ2) is 6.33. The summed E-state index contributed by atoms with van der Waals surface area (Å²) < 4.78 is 65.3. The first-order chi connectivity index (χ1) is 8.73. The molecule has 0 saturated carbocycles. The van der Waals surface area contributed by atoms with Gasteiger partial charge in [-0.2, -0.15) is 0 Å². The highest BCUT2D eigenvalue weighted by atomic mass is 35.5. The van der Waals surface area contributed by atoms with Crippen LogP contribution in [0.25, 0.3) is 0 Å². The third kappa shape index (κ3) is 6.02. The lowest BCUT2D eigenvalue weighted by molar-refractivity contribution is -0.274. The minimum atomic E-state index is -4.89. The lowest BCUT2D eigenvalue weighted by atomic mass is 10.3. The number of hydrogen-bond acceptors (Lipinski definition) is 3. The summed E-state index contributed by atoms with van der Waals surface area (Å²) in [5.41, 5.74) is -0.269. The van der Waals surface area contributed by atoms with Crippen LogP contribution in [0.5, 0.6) is 5.75 Å². The first kappa shape index (κ1) is 15.9. The van der Waals surface area contributed by atoms with Crippen LogP contribution in [0.15, 0.2) is 24.3 Å². The zero-order valence-corrected chi connectivity index (χ0v) is 11.1. The molecule has 0 amide bonds. The van der Waals surface area contributed by atoms with Crippen molar-refractivity contribution in [2.75, 3.05) is 16.4 Å². The van der Waals surface area contributed by atoms with E-state index in [4.69, 9.17) is 11.6 Å². The summed E-state index contributed by atoms with van der Waals surface area (Å²) in [4.78, 5) is 0. The van der Waals surface area contributed by atoms with Gasteiger partial charge in [-0.25, -0.2) is 8.42 Å². The predicted molar refractivity (Wildman–Crippen MR) is 65.9 cm³/mol. The quantitative estimate of drug-likeness (QED) is 0.821. The molecule has 1 N–H and O–H groups in total. The molecule has 4 nitrogen and oxygen atoms in total. The summed E-state index contributed by atoms with van der Waals surface area (Å²) in [6.07, 6.45) is -4.70. The molecule has 0 spiro atoms. The Hall–Kier alpha value is -1.15. The average Bonchev–Trinajstić information content (AvgIpc) is 2.27. The molecule has 1 aromatic rings. The summed E-state index contributed by atoms with van der Waals surface area (Å²) in [5, 5.41) is 0. The third-order valence-corrected chi connectivity index (χ3v) is 3.55. The average molecular weight is 318 g/mol. The maximum atomic E-state index is 12.1. The van der Waals surface area contributed by atoms with Crippen molar-refractivity contribution in [1.29, 1.82) is 0 Å². The maximum absolute atomic E-state index is 12.1. The molecule has 0 saturated heterocycles. The summed E-state index contributed by atoms with van der Waals surface area (Å²) >= 11 is 5.36. The van der Waals surface area contributed by atoms with Gasteiger partial charge in [0, 0.05) is 5.88 Å². The molecular formula is C10H11ClF3NO3S. The molecule has 0 bridgehead atoms. The van der Waals surface area contributed by atoms with E-state index in [0.29, 0.717) is 0 Å². The fourth-order valence-electron chi connectivity index (χ4n) is 1.23. The Morgan fingerprint density at radius 2 is 1.89 bits per heavy atom. The van der Waals surface area contributed by atoms with Gasteiger partial charge in [0.05, 0.1) is 11.4 Å². The van der Waals surface area contributed by atoms with Crippen molar-refractivity contribution in [3.05, 3.63) is 24.3 Å². The Balaban J connectivity index is 2.89. The van der Waals surface area contributed by atoms with E-state index < -0.39 is 22.1 Å². The Kier molecular flexibility index (Phi) is 5.30. The first-order valence-corrected chi connectivity index (χ1v) is 7.33. The van der Waals surface area contributed by atoms with Crippen LogP contribution in [0, 0.1) is 0 Å². The second-order valence-electron chi connectivity index (χ2n) is 3.51. The van der Waals surface area contributed by atoms with Gasteiger partial charge in [0.1, 0.15) is 0 Å². The Bertz CT molecular complexity index is 519. The van der Waals surface area contributed by atoms with Crippen LogP contribution >= 0.6 is 11.6 Å². The van der Waals surface area contributed by atoms with Gasteiger partial charge >= 0.3 is 6.36 Å². The van der Waals surface area contributed by atoms with E-state index in [1.807, 2.05) is 4.72 Å². The predicted octanol–water partition coefficient (Wildman–Crippen LogP) is 2.96. The van der Waals surface area contributed by atoms with Crippen molar-refractivity contribution in [2.24, 2.45) is 0 Å². The van der Waals surface area contributed by atoms with Gasteiger partial charge in [-0.3, -0.25) is 4.72 Å². The number of rotatable bonds is 6. The molecule has 0 aliphatic heterocycles. The highest BCUT2D eigenvalue weighted by Crippen LogP contribution is 2.30. The molecule has 0 aromatic heterocycles. The van der Waals surface area contributed by atoms with Gasteiger partial charge in [0.15, 0.2) is 5.75 Å². The normalized spacial score (nSPS) is 12.2. The monoisotopic (exact) mass is 317 g/mol. The fraction of sp³-hybridized carbons (Fsp3) is 0.400. The third-order valence-electron chi connectivity index (χ3n) is 1.92. The lowest BCUT2D eigenvalue weighted by Crippen LogP contribution is -2.21. The van der Waals surface area contributed by atoms with Crippen LogP contribution in [-0.4, -0.2) is 26.4 Å². The zero-order valence-electron chi connectivity index (χ0n) is 9.58.